The van der Waals surface area contributed by atoms with Crippen LogP contribution in [0.25, 0.3) is 0 Å². The van der Waals surface area contributed by atoms with Crippen molar-refractivity contribution >= 4 is 5.69 Å². The summed E-state index contributed by atoms with van der Waals surface area (Å²) in [6, 6.07) is 3.73. The molecule has 4 heteroatoms. The van der Waals surface area contributed by atoms with Crippen LogP contribution in [0.15, 0.2) is 18.3 Å². The molecule has 0 amide bonds. The molecule has 0 aliphatic carbocycles. The minimum Gasteiger partial charge on any atom is -0.367 e. The molecule has 3 nitrogen and oxygen atoms in total. The van der Waals surface area contributed by atoms with Gasteiger partial charge in [-0.2, -0.15) is 0 Å². The Bertz CT molecular complexity index is 396. The molecule has 0 aromatic carbocycles. The first-order chi connectivity index (χ1) is 8.38. The first kappa shape index (κ1) is 13.3. The van der Waals surface area contributed by atoms with Gasteiger partial charge in [-0.3, -0.25) is 4.98 Å². The molecular formula is C14H22FN3. The molecule has 0 radical (unpaired) electrons. The zero-order valence-electron chi connectivity index (χ0n) is 11.4. The number of aromatic nitrogens is 1. The quantitative estimate of drug-likeness (QED) is 0.832. The number of hydrogen-bond acceptors (Lipinski definition) is 3. The fourth-order valence-electron chi connectivity index (χ4n) is 2.17. The van der Waals surface area contributed by atoms with Crippen LogP contribution in [0.1, 0.15) is 32.9 Å². The number of nitrogens with two attached hydrogens (primary N) is 1. The molecule has 1 aliphatic rings. The Hall–Kier alpha value is -1.16. The standard InChI is InChI=1S/C14H22FN3/c1-14(2,3)13-5-4-10(8-17-13)18-7-6-12(16)11(15)9-18/h4-5,8,11-12H,6-7,9,16H2,1-3H3/t11-,12-/m0/s1. The first-order valence-corrected chi connectivity index (χ1v) is 6.49. The number of halogens is 1. The highest BCUT2D eigenvalue weighted by atomic mass is 19.1. The van der Waals surface area contributed by atoms with Crippen molar-refractivity contribution < 1.29 is 4.39 Å². The lowest BCUT2D eigenvalue weighted by Gasteiger charge is -2.34. The minimum atomic E-state index is -0.943. The molecule has 0 spiro atoms. The summed E-state index contributed by atoms with van der Waals surface area (Å²) in [6.45, 7) is 7.57. The van der Waals surface area contributed by atoms with Gasteiger partial charge in [-0.1, -0.05) is 20.8 Å². The summed E-state index contributed by atoms with van der Waals surface area (Å²) < 4.78 is 13.6. The van der Waals surface area contributed by atoms with Crippen molar-refractivity contribution in [2.75, 3.05) is 18.0 Å². The summed E-state index contributed by atoms with van der Waals surface area (Å²) in [5.41, 5.74) is 7.77. The molecule has 2 rings (SSSR count). The van der Waals surface area contributed by atoms with E-state index in [4.69, 9.17) is 5.73 Å². The van der Waals surface area contributed by atoms with Crippen LogP contribution in [-0.2, 0) is 5.41 Å². The topological polar surface area (TPSA) is 42.1 Å². The van der Waals surface area contributed by atoms with Gasteiger partial charge in [0.05, 0.1) is 18.4 Å². The third kappa shape index (κ3) is 2.80. The molecule has 1 aromatic heterocycles. The van der Waals surface area contributed by atoms with Crippen LogP contribution in [0, 0.1) is 0 Å². The van der Waals surface area contributed by atoms with E-state index in [0.717, 1.165) is 17.9 Å². The Kier molecular flexibility index (Phi) is 3.57. The van der Waals surface area contributed by atoms with Gasteiger partial charge in [0, 0.05) is 23.7 Å². The van der Waals surface area contributed by atoms with Crippen LogP contribution in [0.3, 0.4) is 0 Å². The molecule has 1 aliphatic heterocycles. The highest BCUT2D eigenvalue weighted by molar-refractivity contribution is 5.46. The number of nitrogens with zero attached hydrogens (tertiary/aromatic N) is 2. The first-order valence-electron chi connectivity index (χ1n) is 6.49. The second-order valence-electron chi connectivity index (χ2n) is 6.07. The van der Waals surface area contributed by atoms with Gasteiger partial charge in [0.2, 0.25) is 0 Å². The van der Waals surface area contributed by atoms with Crippen LogP contribution in [0.4, 0.5) is 10.1 Å². The number of rotatable bonds is 1. The molecular weight excluding hydrogens is 229 g/mol. The second kappa shape index (κ2) is 4.84. The molecule has 1 saturated heterocycles. The second-order valence-corrected chi connectivity index (χ2v) is 6.07. The number of pyridine rings is 1. The average molecular weight is 251 g/mol. The highest BCUT2D eigenvalue weighted by Crippen LogP contribution is 2.24. The van der Waals surface area contributed by atoms with Gasteiger partial charge in [-0.05, 0) is 18.6 Å². The smallest absolute Gasteiger partial charge is 0.133 e. The minimum absolute atomic E-state index is 0.0470. The normalized spacial score (nSPS) is 25.3. The summed E-state index contributed by atoms with van der Waals surface area (Å²) in [5, 5.41) is 0. The van der Waals surface area contributed by atoms with Crippen LogP contribution in [0.5, 0.6) is 0 Å². The predicted octanol–water partition coefficient (Wildman–Crippen LogP) is 2.25. The van der Waals surface area contributed by atoms with Crippen molar-refractivity contribution in [2.24, 2.45) is 5.73 Å². The summed E-state index contributed by atoms with van der Waals surface area (Å²) in [5.74, 6) is 0. The molecule has 0 saturated carbocycles. The van der Waals surface area contributed by atoms with Gasteiger partial charge in [0.15, 0.2) is 0 Å². The lowest BCUT2D eigenvalue weighted by Crippen LogP contribution is -2.48. The van der Waals surface area contributed by atoms with Crippen molar-refractivity contribution in [2.45, 2.75) is 44.8 Å². The molecule has 1 fully saturated rings. The summed E-state index contributed by atoms with van der Waals surface area (Å²) in [7, 11) is 0. The summed E-state index contributed by atoms with van der Waals surface area (Å²) in [4.78, 5) is 6.50. The molecule has 2 N–H and O–H groups in total. The maximum Gasteiger partial charge on any atom is 0.133 e. The van der Waals surface area contributed by atoms with E-state index >= 15 is 0 Å². The Morgan fingerprint density at radius 3 is 2.61 bits per heavy atom. The molecule has 2 atom stereocenters. The molecule has 0 bridgehead atoms. The van der Waals surface area contributed by atoms with E-state index in [1.165, 1.54) is 0 Å². The van der Waals surface area contributed by atoms with E-state index in [2.05, 4.69) is 25.8 Å². The van der Waals surface area contributed by atoms with Crippen molar-refractivity contribution in [1.29, 1.82) is 0 Å². The molecule has 1 aromatic rings. The largest absolute Gasteiger partial charge is 0.367 e. The zero-order valence-corrected chi connectivity index (χ0v) is 11.4. The van der Waals surface area contributed by atoms with Gasteiger partial charge in [0.1, 0.15) is 6.17 Å². The number of alkyl halides is 1. The van der Waals surface area contributed by atoms with Crippen LogP contribution in [-0.4, -0.2) is 30.3 Å². The van der Waals surface area contributed by atoms with Crippen molar-refractivity contribution in [3.8, 4) is 0 Å². The molecule has 2 heterocycles. The Balaban J connectivity index is 2.11. The van der Waals surface area contributed by atoms with Gasteiger partial charge in [-0.25, -0.2) is 4.39 Å². The fourth-order valence-corrected chi connectivity index (χ4v) is 2.17. The predicted molar refractivity (Wildman–Crippen MR) is 72.6 cm³/mol. The zero-order chi connectivity index (χ0) is 13.3. The van der Waals surface area contributed by atoms with E-state index in [0.29, 0.717) is 13.0 Å². The van der Waals surface area contributed by atoms with Crippen molar-refractivity contribution in [3.05, 3.63) is 24.0 Å². The Morgan fingerprint density at radius 2 is 2.11 bits per heavy atom. The third-order valence-electron chi connectivity index (χ3n) is 3.47. The van der Waals surface area contributed by atoms with Gasteiger partial charge < -0.3 is 10.6 Å². The molecule has 100 valence electrons. The van der Waals surface area contributed by atoms with Crippen LogP contribution in [0.2, 0.25) is 0 Å². The lowest BCUT2D eigenvalue weighted by atomic mass is 9.91. The van der Waals surface area contributed by atoms with Gasteiger partial charge >= 0.3 is 0 Å². The fraction of sp³-hybridized carbons (Fsp3) is 0.643. The summed E-state index contributed by atoms with van der Waals surface area (Å²) in [6.07, 6.45) is 1.59. The number of piperidine rings is 1. The van der Waals surface area contributed by atoms with Crippen LogP contribution < -0.4 is 10.6 Å². The Morgan fingerprint density at radius 1 is 1.39 bits per heavy atom. The SMILES string of the molecule is CC(C)(C)c1ccc(N2CC[C@H](N)[C@@H](F)C2)cn1. The molecule has 18 heavy (non-hydrogen) atoms. The average Bonchev–Trinajstić information content (AvgIpc) is 2.32. The molecule has 0 unspecified atom stereocenters. The van der Waals surface area contributed by atoms with Crippen molar-refractivity contribution in [3.63, 3.8) is 0 Å². The number of anilines is 1. The summed E-state index contributed by atoms with van der Waals surface area (Å²) >= 11 is 0. The van der Waals surface area contributed by atoms with E-state index < -0.39 is 6.17 Å². The maximum atomic E-state index is 13.6. The third-order valence-corrected chi connectivity index (χ3v) is 3.47. The monoisotopic (exact) mass is 251 g/mol. The van der Waals surface area contributed by atoms with E-state index in [1.54, 1.807) is 0 Å². The van der Waals surface area contributed by atoms with E-state index in [9.17, 15) is 4.39 Å². The highest BCUT2D eigenvalue weighted by Gasteiger charge is 2.26. The van der Waals surface area contributed by atoms with Gasteiger partial charge in [0.25, 0.3) is 0 Å². The van der Waals surface area contributed by atoms with Crippen molar-refractivity contribution in [1.82, 2.24) is 4.98 Å². The number of hydrogen-bond donors (Lipinski definition) is 1. The Labute approximate surface area is 108 Å². The maximum absolute atomic E-state index is 13.6. The van der Waals surface area contributed by atoms with Crippen LogP contribution >= 0.6 is 0 Å². The van der Waals surface area contributed by atoms with Gasteiger partial charge in [-0.15, -0.1) is 0 Å². The van der Waals surface area contributed by atoms with E-state index in [-0.39, 0.29) is 11.5 Å². The lowest BCUT2D eigenvalue weighted by molar-refractivity contribution is 0.251. The van der Waals surface area contributed by atoms with E-state index in [1.807, 2.05) is 23.2 Å².